The van der Waals surface area contributed by atoms with Gasteiger partial charge in [-0.3, -0.25) is 0 Å². The van der Waals surface area contributed by atoms with Crippen molar-refractivity contribution in [2.75, 3.05) is 0 Å². The molecule has 0 fully saturated rings. The van der Waals surface area contributed by atoms with Crippen LogP contribution in [-0.2, 0) is 0 Å². The molecular weight excluding hydrogens is 587 g/mol. The van der Waals surface area contributed by atoms with E-state index in [-0.39, 0.29) is 0 Å². The molecule has 0 aliphatic rings. The number of nitrogens with zero attached hydrogens (tertiary/aromatic N) is 3. The zero-order valence-electron chi connectivity index (χ0n) is 26.3. The van der Waals surface area contributed by atoms with E-state index in [1.165, 1.54) is 21.9 Å². The number of furan rings is 1. The SMILES string of the molecule is Cc1ccc2c(c1)oc1cccc(-c3nc(-c4ccccc4)nc(-c4cccc(-c5ccc(-c6ccc7ccccc7c6)cc5)c4)n3)c12. The summed E-state index contributed by atoms with van der Waals surface area (Å²) in [5.74, 6) is 1.85. The molecule has 9 rings (SSSR count). The van der Waals surface area contributed by atoms with Crippen molar-refractivity contribution < 1.29 is 4.42 Å². The molecule has 0 bridgehead atoms. The summed E-state index contributed by atoms with van der Waals surface area (Å²) in [5, 5.41) is 4.54. The molecule has 9 aromatic rings. The van der Waals surface area contributed by atoms with Gasteiger partial charge in [0.25, 0.3) is 0 Å². The van der Waals surface area contributed by atoms with E-state index in [0.29, 0.717) is 17.5 Å². The summed E-state index contributed by atoms with van der Waals surface area (Å²) < 4.78 is 6.27. The Bertz CT molecular complexity index is 2620. The fraction of sp³-hybridized carbons (Fsp3) is 0.0227. The summed E-state index contributed by atoms with van der Waals surface area (Å²) in [4.78, 5) is 15.1. The minimum atomic E-state index is 0.609. The van der Waals surface area contributed by atoms with Crippen LogP contribution in [0.15, 0.2) is 162 Å². The molecule has 0 aliphatic carbocycles. The number of hydrogen-bond acceptors (Lipinski definition) is 4. The Labute approximate surface area is 278 Å². The quantitative estimate of drug-likeness (QED) is 0.193. The lowest BCUT2D eigenvalue weighted by Gasteiger charge is -2.11. The molecule has 0 saturated carbocycles. The van der Waals surface area contributed by atoms with E-state index in [4.69, 9.17) is 19.4 Å². The molecule has 226 valence electrons. The van der Waals surface area contributed by atoms with Crippen molar-refractivity contribution in [1.29, 1.82) is 0 Å². The second kappa shape index (κ2) is 11.4. The van der Waals surface area contributed by atoms with Crippen LogP contribution in [0.4, 0.5) is 0 Å². The van der Waals surface area contributed by atoms with Gasteiger partial charge in [-0.1, -0.05) is 133 Å². The molecule has 7 aromatic carbocycles. The molecule has 0 spiro atoms. The monoisotopic (exact) mass is 615 g/mol. The lowest BCUT2D eigenvalue weighted by molar-refractivity contribution is 0.668. The van der Waals surface area contributed by atoms with Crippen LogP contribution >= 0.6 is 0 Å². The number of fused-ring (bicyclic) bond motifs is 4. The van der Waals surface area contributed by atoms with Gasteiger partial charge in [-0.05, 0) is 69.8 Å². The van der Waals surface area contributed by atoms with E-state index >= 15 is 0 Å². The third-order valence-corrected chi connectivity index (χ3v) is 8.98. The average Bonchev–Trinajstić information content (AvgIpc) is 3.53. The number of aromatic nitrogens is 3. The second-order valence-electron chi connectivity index (χ2n) is 12.2. The Kier molecular flexibility index (Phi) is 6.65. The Morgan fingerprint density at radius 3 is 1.83 bits per heavy atom. The summed E-state index contributed by atoms with van der Waals surface area (Å²) in [6.07, 6.45) is 0. The van der Waals surface area contributed by atoms with E-state index in [1.807, 2.05) is 42.5 Å². The average molecular weight is 616 g/mol. The van der Waals surface area contributed by atoms with Gasteiger partial charge >= 0.3 is 0 Å². The summed E-state index contributed by atoms with van der Waals surface area (Å²) in [5.41, 5.74) is 10.2. The molecule has 4 heteroatoms. The number of benzene rings is 7. The maximum absolute atomic E-state index is 6.27. The molecule has 4 nitrogen and oxygen atoms in total. The predicted octanol–water partition coefficient (Wildman–Crippen LogP) is 11.6. The van der Waals surface area contributed by atoms with Gasteiger partial charge in [0.15, 0.2) is 17.5 Å². The van der Waals surface area contributed by atoms with Gasteiger partial charge in [0.1, 0.15) is 11.2 Å². The Morgan fingerprint density at radius 1 is 0.396 bits per heavy atom. The molecule has 0 N–H and O–H groups in total. The van der Waals surface area contributed by atoms with Crippen LogP contribution in [-0.4, -0.2) is 15.0 Å². The first-order valence-corrected chi connectivity index (χ1v) is 16.1. The van der Waals surface area contributed by atoms with Crippen molar-refractivity contribution in [2.24, 2.45) is 0 Å². The standard InChI is InChI=1S/C44H29N3O/c1-28-17-24-37-40(25-28)48-39-16-8-15-38(41(37)39)44-46-42(32-10-3-2-4-11-32)45-43(47-44)36-14-7-13-34(27-36)30-18-20-31(21-19-30)35-23-22-29-9-5-6-12-33(29)26-35/h2-27H,1H3. The zero-order chi connectivity index (χ0) is 32.0. The van der Waals surface area contributed by atoms with E-state index < -0.39 is 0 Å². The van der Waals surface area contributed by atoms with Crippen LogP contribution in [0.25, 0.3) is 89.1 Å². The van der Waals surface area contributed by atoms with E-state index in [9.17, 15) is 0 Å². The molecule has 2 heterocycles. The van der Waals surface area contributed by atoms with Crippen LogP contribution in [0.3, 0.4) is 0 Å². The first kappa shape index (κ1) is 27.9. The third kappa shape index (κ3) is 5.01. The van der Waals surface area contributed by atoms with Crippen LogP contribution in [0.5, 0.6) is 0 Å². The van der Waals surface area contributed by atoms with Crippen molar-refractivity contribution in [3.63, 3.8) is 0 Å². The highest BCUT2D eigenvalue weighted by Crippen LogP contribution is 2.37. The maximum Gasteiger partial charge on any atom is 0.164 e. The molecule has 0 aliphatic heterocycles. The van der Waals surface area contributed by atoms with Gasteiger partial charge in [0, 0.05) is 27.5 Å². The molecule has 0 saturated heterocycles. The second-order valence-corrected chi connectivity index (χ2v) is 12.2. The van der Waals surface area contributed by atoms with Gasteiger partial charge in [-0.25, -0.2) is 15.0 Å². The molecule has 48 heavy (non-hydrogen) atoms. The number of rotatable bonds is 5. The van der Waals surface area contributed by atoms with Crippen molar-refractivity contribution in [1.82, 2.24) is 15.0 Å². The summed E-state index contributed by atoms with van der Waals surface area (Å²) in [6, 6.07) is 54.7. The van der Waals surface area contributed by atoms with Crippen LogP contribution in [0, 0.1) is 6.92 Å². The van der Waals surface area contributed by atoms with Gasteiger partial charge in [0.05, 0.1) is 0 Å². The Hall–Kier alpha value is -6.39. The largest absolute Gasteiger partial charge is 0.456 e. The predicted molar refractivity (Wildman–Crippen MR) is 197 cm³/mol. The minimum absolute atomic E-state index is 0.609. The summed E-state index contributed by atoms with van der Waals surface area (Å²) >= 11 is 0. The topological polar surface area (TPSA) is 51.8 Å². The van der Waals surface area contributed by atoms with Crippen molar-refractivity contribution in [3.8, 4) is 56.4 Å². The Balaban J connectivity index is 1.14. The van der Waals surface area contributed by atoms with Crippen LogP contribution in [0.1, 0.15) is 5.56 Å². The molecule has 2 aromatic heterocycles. The maximum atomic E-state index is 6.27. The van der Waals surface area contributed by atoms with Crippen LogP contribution in [0.2, 0.25) is 0 Å². The lowest BCUT2D eigenvalue weighted by atomic mass is 9.97. The number of hydrogen-bond donors (Lipinski definition) is 0. The molecular formula is C44H29N3O. The lowest BCUT2D eigenvalue weighted by Crippen LogP contribution is -2.00. The Morgan fingerprint density at radius 2 is 1.02 bits per heavy atom. The zero-order valence-corrected chi connectivity index (χ0v) is 26.3. The highest BCUT2D eigenvalue weighted by Gasteiger charge is 2.18. The van der Waals surface area contributed by atoms with Gasteiger partial charge in [0.2, 0.25) is 0 Å². The van der Waals surface area contributed by atoms with E-state index in [2.05, 4.69) is 122 Å². The van der Waals surface area contributed by atoms with E-state index in [1.54, 1.807) is 0 Å². The summed E-state index contributed by atoms with van der Waals surface area (Å²) in [7, 11) is 0. The third-order valence-electron chi connectivity index (χ3n) is 8.98. The first-order valence-electron chi connectivity index (χ1n) is 16.1. The van der Waals surface area contributed by atoms with Gasteiger partial charge in [-0.2, -0.15) is 0 Å². The molecule has 0 unspecified atom stereocenters. The smallest absolute Gasteiger partial charge is 0.164 e. The van der Waals surface area contributed by atoms with Crippen LogP contribution < -0.4 is 0 Å². The van der Waals surface area contributed by atoms with E-state index in [0.717, 1.165) is 55.3 Å². The van der Waals surface area contributed by atoms with Crippen molar-refractivity contribution in [3.05, 3.63) is 163 Å². The molecule has 0 radical (unpaired) electrons. The van der Waals surface area contributed by atoms with Crippen molar-refractivity contribution in [2.45, 2.75) is 6.92 Å². The molecule has 0 amide bonds. The normalized spacial score (nSPS) is 11.4. The highest BCUT2D eigenvalue weighted by molar-refractivity contribution is 6.12. The summed E-state index contributed by atoms with van der Waals surface area (Å²) in [6.45, 7) is 2.07. The first-order chi connectivity index (χ1) is 23.7. The highest BCUT2D eigenvalue weighted by atomic mass is 16.3. The minimum Gasteiger partial charge on any atom is -0.456 e. The van der Waals surface area contributed by atoms with Crippen molar-refractivity contribution >= 4 is 32.7 Å². The fourth-order valence-corrected chi connectivity index (χ4v) is 6.52. The van der Waals surface area contributed by atoms with Gasteiger partial charge < -0.3 is 4.42 Å². The number of aryl methyl sites for hydroxylation is 1. The molecule has 0 atom stereocenters. The fourth-order valence-electron chi connectivity index (χ4n) is 6.52. The van der Waals surface area contributed by atoms with Gasteiger partial charge in [-0.15, -0.1) is 0 Å².